The van der Waals surface area contributed by atoms with Gasteiger partial charge in [0.25, 0.3) is 0 Å². The summed E-state index contributed by atoms with van der Waals surface area (Å²) < 4.78 is 0. The third-order valence-electron chi connectivity index (χ3n) is 1.91. The zero-order chi connectivity index (χ0) is 13.4. The minimum atomic E-state index is -1.09. The van der Waals surface area contributed by atoms with Gasteiger partial charge in [-0.3, -0.25) is 9.59 Å². The van der Waals surface area contributed by atoms with E-state index in [9.17, 15) is 14.4 Å². The van der Waals surface area contributed by atoms with Crippen LogP contribution in [0, 0.1) is 5.92 Å². The largest absolute Gasteiger partial charge is 0.480 e. The fourth-order valence-corrected chi connectivity index (χ4v) is 1.26. The second kappa shape index (κ2) is 7.89. The third-order valence-corrected chi connectivity index (χ3v) is 2.15. The summed E-state index contributed by atoms with van der Waals surface area (Å²) in [5.41, 5.74) is 0. The molecule has 98 valence electrons. The summed E-state index contributed by atoms with van der Waals surface area (Å²) in [6.07, 6.45) is 0.338. The van der Waals surface area contributed by atoms with Gasteiger partial charge in [0.05, 0.1) is 6.54 Å². The molecule has 0 rings (SSSR count). The SMILES string of the molecule is CC(C)CC(NC(=O)CNC(=O)CCl)C(=O)O. The topological polar surface area (TPSA) is 95.5 Å². The number of alkyl halides is 1. The van der Waals surface area contributed by atoms with Crippen molar-refractivity contribution in [3.05, 3.63) is 0 Å². The van der Waals surface area contributed by atoms with E-state index in [2.05, 4.69) is 10.6 Å². The molecule has 0 aliphatic heterocycles. The first-order chi connectivity index (χ1) is 7.86. The van der Waals surface area contributed by atoms with Gasteiger partial charge in [-0.15, -0.1) is 11.6 Å². The summed E-state index contributed by atoms with van der Waals surface area (Å²) in [6.45, 7) is 3.45. The Balaban J connectivity index is 4.13. The zero-order valence-corrected chi connectivity index (χ0v) is 10.6. The van der Waals surface area contributed by atoms with Crippen LogP contribution in [-0.2, 0) is 14.4 Å². The van der Waals surface area contributed by atoms with E-state index in [4.69, 9.17) is 16.7 Å². The van der Waals surface area contributed by atoms with E-state index in [1.165, 1.54) is 0 Å². The van der Waals surface area contributed by atoms with E-state index in [0.29, 0.717) is 6.42 Å². The highest BCUT2D eigenvalue weighted by molar-refractivity contribution is 6.27. The second-order valence-corrected chi connectivity index (χ2v) is 4.27. The number of hydrogen-bond donors (Lipinski definition) is 3. The molecule has 1 atom stereocenters. The average Bonchev–Trinajstić information content (AvgIpc) is 2.24. The molecule has 0 heterocycles. The van der Waals surface area contributed by atoms with Crippen LogP contribution in [0.5, 0.6) is 0 Å². The quantitative estimate of drug-likeness (QED) is 0.562. The van der Waals surface area contributed by atoms with Crippen LogP contribution in [0.25, 0.3) is 0 Å². The minimum Gasteiger partial charge on any atom is -0.480 e. The van der Waals surface area contributed by atoms with E-state index in [1.54, 1.807) is 0 Å². The lowest BCUT2D eigenvalue weighted by molar-refractivity contribution is -0.142. The number of hydrogen-bond acceptors (Lipinski definition) is 3. The van der Waals surface area contributed by atoms with Crippen molar-refractivity contribution in [3.63, 3.8) is 0 Å². The van der Waals surface area contributed by atoms with Crippen molar-refractivity contribution in [2.24, 2.45) is 5.92 Å². The molecule has 7 heteroatoms. The first-order valence-electron chi connectivity index (χ1n) is 5.21. The monoisotopic (exact) mass is 264 g/mol. The molecule has 0 spiro atoms. The lowest BCUT2D eigenvalue weighted by Crippen LogP contribution is -2.46. The molecule has 0 aromatic rings. The molecule has 6 nitrogen and oxygen atoms in total. The van der Waals surface area contributed by atoms with Crippen LogP contribution in [-0.4, -0.2) is 41.4 Å². The highest BCUT2D eigenvalue weighted by Gasteiger charge is 2.20. The van der Waals surface area contributed by atoms with Gasteiger partial charge in [-0.2, -0.15) is 0 Å². The van der Waals surface area contributed by atoms with Crippen LogP contribution in [0.2, 0.25) is 0 Å². The van der Waals surface area contributed by atoms with Gasteiger partial charge < -0.3 is 15.7 Å². The molecule has 0 aliphatic rings. The molecule has 3 N–H and O–H groups in total. The van der Waals surface area contributed by atoms with Crippen LogP contribution >= 0.6 is 11.6 Å². The molecule has 0 saturated heterocycles. The van der Waals surface area contributed by atoms with E-state index in [0.717, 1.165) is 0 Å². The van der Waals surface area contributed by atoms with Gasteiger partial charge in [0.15, 0.2) is 0 Å². The standard InChI is InChI=1S/C10H17ClN2O4/c1-6(2)3-7(10(16)17)13-9(15)5-12-8(14)4-11/h6-7H,3-5H2,1-2H3,(H,12,14)(H,13,15)(H,16,17). The third kappa shape index (κ3) is 7.57. The lowest BCUT2D eigenvalue weighted by Gasteiger charge is -2.16. The first kappa shape index (κ1) is 15.7. The molecule has 2 amide bonds. The molecule has 0 aliphatic carbocycles. The predicted octanol–water partition coefficient (Wildman–Crippen LogP) is -0.0431. The Labute approximate surface area is 105 Å². The summed E-state index contributed by atoms with van der Waals surface area (Å²) in [6, 6.07) is -0.935. The molecule has 0 fully saturated rings. The van der Waals surface area contributed by atoms with Crippen LogP contribution in [0.15, 0.2) is 0 Å². The van der Waals surface area contributed by atoms with E-state index < -0.39 is 23.8 Å². The molecule has 0 aromatic heterocycles. The number of halogens is 1. The minimum absolute atomic E-state index is 0.147. The number of carbonyl (C=O) groups is 3. The summed E-state index contributed by atoms with van der Waals surface area (Å²) in [5.74, 6) is -2.19. The fourth-order valence-electron chi connectivity index (χ4n) is 1.16. The number of rotatable bonds is 7. The Morgan fingerprint density at radius 1 is 1.24 bits per heavy atom. The van der Waals surface area contributed by atoms with Crippen molar-refractivity contribution < 1.29 is 19.5 Å². The van der Waals surface area contributed by atoms with Crippen LogP contribution in [0.1, 0.15) is 20.3 Å². The lowest BCUT2D eigenvalue weighted by atomic mass is 10.0. The molecule has 0 radical (unpaired) electrons. The van der Waals surface area contributed by atoms with Gasteiger partial charge in [-0.05, 0) is 12.3 Å². The van der Waals surface area contributed by atoms with Crippen molar-refractivity contribution in [2.75, 3.05) is 12.4 Å². The van der Waals surface area contributed by atoms with Gasteiger partial charge in [0.1, 0.15) is 11.9 Å². The molecule has 17 heavy (non-hydrogen) atoms. The maximum Gasteiger partial charge on any atom is 0.326 e. The molecule has 1 unspecified atom stereocenters. The smallest absolute Gasteiger partial charge is 0.326 e. The van der Waals surface area contributed by atoms with E-state index in [-0.39, 0.29) is 18.3 Å². The number of amides is 2. The average molecular weight is 265 g/mol. The summed E-state index contributed by atoms with van der Waals surface area (Å²) in [5, 5.41) is 13.5. The maximum absolute atomic E-state index is 11.3. The Kier molecular flexibility index (Phi) is 7.29. The molecular weight excluding hydrogens is 248 g/mol. The van der Waals surface area contributed by atoms with Crippen molar-refractivity contribution in [1.29, 1.82) is 0 Å². The molecule has 0 aromatic carbocycles. The highest BCUT2D eigenvalue weighted by atomic mass is 35.5. The predicted molar refractivity (Wildman–Crippen MR) is 62.8 cm³/mol. The normalized spacial score (nSPS) is 12.0. The maximum atomic E-state index is 11.3. The number of nitrogens with one attached hydrogen (secondary N) is 2. The van der Waals surface area contributed by atoms with Gasteiger partial charge in [-0.25, -0.2) is 4.79 Å². The Morgan fingerprint density at radius 2 is 1.82 bits per heavy atom. The number of carboxylic acid groups (broad SMARTS) is 1. The van der Waals surface area contributed by atoms with E-state index >= 15 is 0 Å². The zero-order valence-electron chi connectivity index (χ0n) is 9.83. The van der Waals surface area contributed by atoms with Gasteiger partial charge in [0.2, 0.25) is 11.8 Å². The van der Waals surface area contributed by atoms with Crippen LogP contribution < -0.4 is 10.6 Å². The summed E-state index contributed by atoms with van der Waals surface area (Å²) in [4.78, 5) is 32.9. The summed E-state index contributed by atoms with van der Waals surface area (Å²) in [7, 11) is 0. The Morgan fingerprint density at radius 3 is 2.24 bits per heavy atom. The van der Waals surface area contributed by atoms with Crippen molar-refractivity contribution in [3.8, 4) is 0 Å². The molecule has 0 saturated carbocycles. The Bertz CT molecular complexity index is 294. The summed E-state index contributed by atoms with van der Waals surface area (Å²) >= 11 is 5.22. The first-order valence-corrected chi connectivity index (χ1v) is 5.75. The van der Waals surface area contributed by atoms with Crippen molar-refractivity contribution >= 4 is 29.4 Å². The molecule has 0 bridgehead atoms. The van der Waals surface area contributed by atoms with Crippen molar-refractivity contribution in [1.82, 2.24) is 10.6 Å². The highest BCUT2D eigenvalue weighted by Crippen LogP contribution is 2.04. The number of carboxylic acids is 1. The Hall–Kier alpha value is -1.30. The van der Waals surface area contributed by atoms with Gasteiger partial charge >= 0.3 is 5.97 Å². The van der Waals surface area contributed by atoms with Crippen molar-refractivity contribution in [2.45, 2.75) is 26.3 Å². The van der Waals surface area contributed by atoms with Crippen LogP contribution in [0.3, 0.4) is 0 Å². The molecular formula is C10H17ClN2O4. The van der Waals surface area contributed by atoms with Crippen LogP contribution in [0.4, 0.5) is 0 Å². The van der Waals surface area contributed by atoms with Gasteiger partial charge in [0, 0.05) is 0 Å². The fraction of sp³-hybridized carbons (Fsp3) is 0.700. The number of carbonyl (C=O) groups excluding carboxylic acids is 2. The number of aliphatic carboxylic acids is 1. The van der Waals surface area contributed by atoms with Gasteiger partial charge in [-0.1, -0.05) is 13.8 Å². The second-order valence-electron chi connectivity index (χ2n) is 4.00. The van der Waals surface area contributed by atoms with E-state index in [1.807, 2.05) is 13.8 Å².